The Morgan fingerprint density at radius 3 is 2.52 bits per heavy atom. The highest BCUT2D eigenvalue weighted by molar-refractivity contribution is 8.15. The van der Waals surface area contributed by atoms with E-state index in [1.165, 1.54) is 11.1 Å². The molecule has 0 saturated carbocycles. The highest BCUT2D eigenvalue weighted by Gasteiger charge is 2.44. The van der Waals surface area contributed by atoms with Crippen LogP contribution in [0.3, 0.4) is 0 Å². The maximum Gasteiger partial charge on any atom is 0.164 e. The SMILES string of the molecule is Cc1ccc(N(Cc2ccc(Cl)cc2)C2=NC3CS(=O)(=O)CC3S2)cc1C. The first-order valence-electron chi connectivity index (χ1n) is 8.85. The number of halogens is 1. The van der Waals surface area contributed by atoms with E-state index in [4.69, 9.17) is 16.6 Å². The Morgan fingerprint density at radius 1 is 1.11 bits per heavy atom. The van der Waals surface area contributed by atoms with Crippen molar-refractivity contribution in [1.29, 1.82) is 0 Å². The van der Waals surface area contributed by atoms with E-state index in [-0.39, 0.29) is 22.8 Å². The molecule has 0 bridgehead atoms. The van der Waals surface area contributed by atoms with Gasteiger partial charge in [0, 0.05) is 16.0 Å². The van der Waals surface area contributed by atoms with Crippen LogP contribution in [0.1, 0.15) is 16.7 Å². The fraction of sp³-hybridized carbons (Fsp3) is 0.350. The molecule has 27 heavy (non-hydrogen) atoms. The largest absolute Gasteiger partial charge is 0.317 e. The molecule has 0 radical (unpaired) electrons. The van der Waals surface area contributed by atoms with Gasteiger partial charge in [0.25, 0.3) is 0 Å². The number of amidine groups is 1. The summed E-state index contributed by atoms with van der Waals surface area (Å²) in [6.07, 6.45) is 0. The van der Waals surface area contributed by atoms with Crippen molar-refractivity contribution < 1.29 is 8.42 Å². The molecule has 0 aromatic heterocycles. The number of thioether (sulfide) groups is 1. The van der Waals surface area contributed by atoms with Gasteiger partial charge in [0.15, 0.2) is 15.0 Å². The quantitative estimate of drug-likeness (QED) is 0.745. The van der Waals surface area contributed by atoms with E-state index < -0.39 is 9.84 Å². The van der Waals surface area contributed by atoms with Crippen LogP contribution in [-0.4, -0.2) is 36.4 Å². The molecule has 2 aliphatic rings. The topological polar surface area (TPSA) is 49.7 Å². The molecule has 0 N–H and O–H groups in total. The van der Waals surface area contributed by atoms with Gasteiger partial charge in [-0.2, -0.15) is 0 Å². The van der Waals surface area contributed by atoms with Crippen molar-refractivity contribution in [2.75, 3.05) is 16.4 Å². The van der Waals surface area contributed by atoms with E-state index >= 15 is 0 Å². The van der Waals surface area contributed by atoms with E-state index in [2.05, 4.69) is 36.9 Å². The molecule has 2 aromatic carbocycles. The molecule has 0 amide bonds. The maximum absolute atomic E-state index is 11.9. The molecular formula is C20H21ClN2O2S2. The van der Waals surface area contributed by atoms with Crippen LogP contribution in [-0.2, 0) is 16.4 Å². The highest BCUT2D eigenvalue weighted by Crippen LogP contribution is 2.37. The zero-order valence-corrected chi connectivity index (χ0v) is 17.6. The van der Waals surface area contributed by atoms with Gasteiger partial charge in [-0.05, 0) is 54.8 Å². The summed E-state index contributed by atoms with van der Waals surface area (Å²) in [5.41, 5.74) is 4.67. The molecule has 4 nitrogen and oxygen atoms in total. The number of fused-ring (bicyclic) bond motifs is 1. The first-order chi connectivity index (χ1) is 12.8. The van der Waals surface area contributed by atoms with Gasteiger partial charge in [-0.1, -0.05) is 41.6 Å². The highest BCUT2D eigenvalue weighted by atomic mass is 35.5. The number of hydrogen-bond donors (Lipinski definition) is 0. The van der Waals surface area contributed by atoms with E-state index in [1.807, 2.05) is 24.3 Å². The fourth-order valence-electron chi connectivity index (χ4n) is 3.41. The first-order valence-corrected chi connectivity index (χ1v) is 11.9. The predicted octanol–water partition coefficient (Wildman–Crippen LogP) is 4.23. The summed E-state index contributed by atoms with van der Waals surface area (Å²) >= 11 is 7.61. The molecule has 2 atom stereocenters. The second kappa shape index (κ2) is 7.15. The summed E-state index contributed by atoms with van der Waals surface area (Å²) in [6.45, 7) is 4.86. The van der Waals surface area contributed by atoms with E-state index in [9.17, 15) is 8.42 Å². The summed E-state index contributed by atoms with van der Waals surface area (Å²) in [4.78, 5) is 6.97. The Bertz CT molecular complexity index is 1000. The predicted molar refractivity (Wildman–Crippen MR) is 115 cm³/mol. The van der Waals surface area contributed by atoms with Crippen molar-refractivity contribution in [3.63, 3.8) is 0 Å². The molecule has 4 rings (SSSR count). The smallest absolute Gasteiger partial charge is 0.164 e. The van der Waals surface area contributed by atoms with Crippen LogP contribution in [0.2, 0.25) is 5.02 Å². The zero-order valence-electron chi connectivity index (χ0n) is 15.2. The van der Waals surface area contributed by atoms with Crippen LogP contribution in [0.5, 0.6) is 0 Å². The van der Waals surface area contributed by atoms with Crippen LogP contribution in [0.15, 0.2) is 47.5 Å². The monoisotopic (exact) mass is 420 g/mol. The number of sulfone groups is 1. The van der Waals surface area contributed by atoms with Crippen molar-refractivity contribution in [2.45, 2.75) is 31.7 Å². The van der Waals surface area contributed by atoms with Crippen molar-refractivity contribution in [3.05, 3.63) is 64.2 Å². The van der Waals surface area contributed by atoms with Crippen molar-refractivity contribution in [2.24, 2.45) is 4.99 Å². The van der Waals surface area contributed by atoms with Gasteiger partial charge in [-0.25, -0.2) is 8.42 Å². The summed E-state index contributed by atoms with van der Waals surface area (Å²) in [5.74, 6) is 0.382. The molecule has 2 unspecified atom stereocenters. The van der Waals surface area contributed by atoms with Gasteiger partial charge in [-0.3, -0.25) is 4.99 Å². The molecular weight excluding hydrogens is 400 g/mol. The Hall–Kier alpha value is -1.50. The Balaban J connectivity index is 1.68. The fourth-order valence-corrected chi connectivity index (χ4v) is 7.31. The third kappa shape index (κ3) is 4.03. The van der Waals surface area contributed by atoms with E-state index in [1.54, 1.807) is 11.8 Å². The third-order valence-corrected chi connectivity index (χ3v) is 8.59. The van der Waals surface area contributed by atoms with Gasteiger partial charge in [0.05, 0.1) is 24.1 Å². The molecule has 7 heteroatoms. The van der Waals surface area contributed by atoms with Gasteiger partial charge >= 0.3 is 0 Å². The number of rotatable bonds is 3. The zero-order chi connectivity index (χ0) is 19.2. The Kier molecular flexibility index (Phi) is 4.99. The normalized spacial score (nSPS) is 23.1. The molecule has 1 saturated heterocycles. The molecule has 0 spiro atoms. The van der Waals surface area contributed by atoms with Crippen molar-refractivity contribution in [1.82, 2.24) is 0 Å². The lowest BCUT2D eigenvalue weighted by atomic mass is 10.1. The van der Waals surface area contributed by atoms with E-state index in [0.717, 1.165) is 16.4 Å². The Morgan fingerprint density at radius 2 is 1.85 bits per heavy atom. The third-order valence-electron chi connectivity index (χ3n) is 5.09. The lowest BCUT2D eigenvalue weighted by molar-refractivity contribution is 0.601. The summed E-state index contributed by atoms with van der Waals surface area (Å²) in [7, 11) is -2.96. The van der Waals surface area contributed by atoms with Crippen molar-refractivity contribution >= 4 is 44.1 Å². The van der Waals surface area contributed by atoms with Crippen LogP contribution in [0.25, 0.3) is 0 Å². The summed E-state index contributed by atoms with van der Waals surface area (Å²) in [5, 5.41) is 1.64. The number of aryl methyl sites for hydroxylation is 2. The summed E-state index contributed by atoms with van der Waals surface area (Å²) in [6, 6.07) is 14.1. The first kappa shape index (κ1) is 18.8. The standard InChI is InChI=1S/C20H21ClN2O2S2/c1-13-3-8-17(9-14(13)2)23(10-15-4-6-16(21)7-5-15)20-22-18-11-27(24,25)12-19(18)26-20/h3-9,18-19H,10-12H2,1-2H3. The minimum atomic E-state index is -2.96. The molecule has 1 fully saturated rings. The maximum atomic E-state index is 11.9. The van der Waals surface area contributed by atoms with Crippen LogP contribution >= 0.6 is 23.4 Å². The lowest BCUT2D eigenvalue weighted by Gasteiger charge is -2.25. The van der Waals surface area contributed by atoms with Gasteiger partial charge < -0.3 is 4.90 Å². The minimum Gasteiger partial charge on any atom is -0.317 e. The summed E-state index contributed by atoms with van der Waals surface area (Å²) < 4.78 is 23.8. The van der Waals surface area contributed by atoms with Gasteiger partial charge in [-0.15, -0.1) is 0 Å². The number of benzene rings is 2. The second-order valence-corrected chi connectivity index (χ2v) is 11.0. The van der Waals surface area contributed by atoms with Crippen LogP contribution < -0.4 is 4.90 Å². The number of anilines is 1. The number of aliphatic imine (C=N–C) groups is 1. The molecule has 2 aromatic rings. The molecule has 2 heterocycles. The molecule has 2 aliphatic heterocycles. The van der Waals surface area contributed by atoms with Gasteiger partial charge in [0.1, 0.15) is 0 Å². The average Bonchev–Trinajstić information content (AvgIpc) is 3.10. The minimum absolute atomic E-state index is 0.0317. The second-order valence-electron chi connectivity index (χ2n) is 7.19. The van der Waals surface area contributed by atoms with Gasteiger partial charge in [0.2, 0.25) is 0 Å². The molecule has 0 aliphatic carbocycles. The number of hydrogen-bond acceptors (Lipinski definition) is 5. The van der Waals surface area contributed by atoms with E-state index in [0.29, 0.717) is 11.6 Å². The number of nitrogens with zero attached hydrogens (tertiary/aromatic N) is 2. The van der Waals surface area contributed by atoms with Crippen molar-refractivity contribution in [3.8, 4) is 0 Å². The average molecular weight is 421 g/mol. The lowest BCUT2D eigenvalue weighted by Crippen LogP contribution is -2.28. The molecule has 142 valence electrons. The van der Waals surface area contributed by atoms with Crippen LogP contribution in [0.4, 0.5) is 5.69 Å². The Labute approximate surface area is 169 Å². The van der Waals surface area contributed by atoms with Crippen LogP contribution in [0, 0.1) is 13.8 Å².